The van der Waals surface area contributed by atoms with Gasteiger partial charge in [-0.3, -0.25) is 4.79 Å². The highest BCUT2D eigenvalue weighted by molar-refractivity contribution is 5.80. The van der Waals surface area contributed by atoms with Crippen LogP contribution in [0.1, 0.15) is 33.6 Å². The molecule has 0 saturated carbocycles. The minimum atomic E-state index is -0.355. The predicted molar refractivity (Wildman–Crippen MR) is 57.7 cm³/mol. The van der Waals surface area contributed by atoms with Gasteiger partial charge in [0.25, 0.3) is 0 Å². The molecule has 84 valence electrons. The molecule has 15 heavy (non-hydrogen) atoms. The van der Waals surface area contributed by atoms with Gasteiger partial charge in [0.2, 0.25) is 5.91 Å². The van der Waals surface area contributed by atoms with E-state index in [4.69, 9.17) is 11.0 Å². The molecular weight excluding hydrogens is 190 g/mol. The van der Waals surface area contributed by atoms with Crippen LogP contribution in [0.3, 0.4) is 0 Å². The number of carbonyl (C=O) groups excluding carboxylic acids is 1. The molecule has 0 bridgehead atoms. The molecule has 1 amide bonds. The zero-order chi connectivity index (χ0) is 11.6. The number of rotatable bonds is 2. The molecule has 3 atom stereocenters. The summed E-state index contributed by atoms with van der Waals surface area (Å²) in [7, 11) is 0. The Morgan fingerprint density at radius 2 is 2.20 bits per heavy atom. The first-order valence-electron chi connectivity index (χ1n) is 5.28. The van der Waals surface area contributed by atoms with E-state index < -0.39 is 0 Å². The molecule has 4 nitrogen and oxygen atoms in total. The molecule has 1 heterocycles. The summed E-state index contributed by atoms with van der Waals surface area (Å²) in [6, 6.07) is 2.01. The highest BCUT2D eigenvalue weighted by Gasteiger charge is 2.38. The van der Waals surface area contributed by atoms with Gasteiger partial charge in [0.1, 0.15) is 0 Å². The van der Waals surface area contributed by atoms with Gasteiger partial charge in [-0.15, -0.1) is 0 Å². The van der Waals surface area contributed by atoms with Gasteiger partial charge in [-0.1, -0.05) is 20.8 Å². The molecule has 0 spiro atoms. The van der Waals surface area contributed by atoms with Crippen LogP contribution in [0, 0.1) is 22.7 Å². The number of primary amides is 1. The van der Waals surface area contributed by atoms with Crippen LogP contribution in [-0.2, 0) is 4.79 Å². The van der Waals surface area contributed by atoms with Crippen molar-refractivity contribution in [1.29, 1.82) is 5.26 Å². The predicted octanol–water partition coefficient (Wildman–Crippen LogP) is 0.778. The Labute approximate surface area is 90.8 Å². The van der Waals surface area contributed by atoms with Crippen molar-refractivity contribution in [3.05, 3.63) is 0 Å². The van der Waals surface area contributed by atoms with Gasteiger partial charge in [-0.25, -0.2) is 0 Å². The molecule has 1 rings (SSSR count). The fourth-order valence-corrected chi connectivity index (χ4v) is 2.06. The van der Waals surface area contributed by atoms with Crippen molar-refractivity contribution >= 4 is 5.91 Å². The van der Waals surface area contributed by atoms with Crippen molar-refractivity contribution < 1.29 is 4.79 Å². The van der Waals surface area contributed by atoms with Crippen LogP contribution in [0.25, 0.3) is 0 Å². The van der Waals surface area contributed by atoms with Crippen LogP contribution in [0.2, 0.25) is 0 Å². The van der Waals surface area contributed by atoms with Gasteiger partial charge in [0, 0.05) is 6.04 Å². The Balaban J connectivity index is 2.66. The van der Waals surface area contributed by atoms with Crippen LogP contribution >= 0.6 is 0 Å². The van der Waals surface area contributed by atoms with Gasteiger partial charge >= 0.3 is 0 Å². The summed E-state index contributed by atoms with van der Waals surface area (Å²) in [6.07, 6.45) is 1.43. The normalized spacial score (nSPS) is 31.2. The third kappa shape index (κ3) is 3.21. The summed E-state index contributed by atoms with van der Waals surface area (Å²) in [5.41, 5.74) is 5.38. The SMILES string of the molecule is CC(C)(C)CC1NC(C(N)=O)CC1C#N. The number of nitrogens with zero attached hydrogens (tertiary/aromatic N) is 1. The second kappa shape index (κ2) is 4.19. The Kier molecular flexibility index (Phi) is 3.35. The largest absolute Gasteiger partial charge is 0.368 e. The van der Waals surface area contributed by atoms with Crippen molar-refractivity contribution in [2.24, 2.45) is 17.1 Å². The maximum atomic E-state index is 11.0. The Morgan fingerprint density at radius 3 is 2.60 bits per heavy atom. The lowest BCUT2D eigenvalue weighted by Gasteiger charge is -2.24. The number of hydrogen-bond donors (Lipinski definition) is 2. The summed E-state index contributed by atoms with van der Waals surface area (Å²) in [5.74, 6) is -0.451. The third-order valence-corrected chi connectivity index (χ3v) is 2.73. The van der Waals surface area contributed by atoms with Crippen LogP contribution in [0.15, 0.2) is 0 Å². The third-order valence-electron chi connectivity index (χ3n) is 2.73. The fourth-order valence-electron chi connectivity index (χ4n) is 2.06. The first-order valence-corrected chi connectivity index (χ1v) is 5.28. The molecule has 3 N–H and O–H groups in total. The van der Waals surface area contributed by atoms with E-state index in [-0.39, 0.29) is 29.3 Å². The van der Waals surface area contributed by atoms with Crippen molar-refractivity contribution in [1.82, 2.24) is 5.32 Å². The Morgan fingerprint density at radius 1 is 1.60 bits per heavy atom. The summed E-state index contributed by atoms with van der Waals surface area (Å²) in [4.78, 5) is 11.0. The average Bonchev–Trinajstić information content (AvgIpc) is 2.44. The lowest BCUT2D eigenvalue weighted by molar-refractivity contribution is -0.119. The van der Waals surface area contributed by atoms with Crippen molar-refractivity contribution in [3.8, 4) is 6.07 Å². The maximum absolute atomic E-state index is 11.0. The minimum absolute atomic E-state index is 0.0903. The molecular formula is C11H19N3O. The minimum Gasteiger partial charge on any atom is -0.368 e. The number of amides is 1. The molecule has 1 saturated heterocycles. The smallest absolute Gasteiger partial charge is 0.234 e. The molecule has 0 radical (unpaired) electrons. The second-order valence-electron chi connectivity index (χ2n) is 5.46. The molecule has 1 aliphatic heterocycles. The highest BCUT2D eigenvalue weighted by atomic mass is 16.1. The van der Waals surface area contributed by atoms with E-state index in [2.05, 4.69) is 32.2 Å². The Bertz CT molecular complexity index is 287. The van der Waals surface area contributed by atoms with Crippen molar-refractivity contribution in [2.45, 2.75) is 45.7 Å². The van der Waals surface area contributed by atoms with E-state index in [0.29, 0.717) is 6.42 Å². The fraction of sp³-hybridized carbons (Fsp3) is 0.818. The number of carbonyl (C=O) groups is 1. The van der Waals surface area contributed by atoms with Crippen LogP contribution in [0.5, 0.6) is 0 Å². The zero-order valence-electron chi connectivity index (χ0n) is 9.58. The molecule has 1 aliphatic rings. The molecule has 4 heteroatoms. The average molecular weight is 209 g/mol. The molecule has 0 aromatic rings. The topological polar surface area (TPSA) is 78.9 Å². The van der Waals surface area contributed by atoms with E-state index in [1.54, 1.807) is 0 Å². The molecule has 0 aliphatic carbocycles. The van der Waals surface area contributed by atoms with Gasteiger partial charge in [0.05, 0.1) is 18.0 Å². The van der Waals surface area contributed by atoms with Crippen molar-refractivity contribution in [2.75, 3.05) is 0 Å². The molecule has 3 unspecified atom stereocenters. The van der Waals surface area contributed by atoms with E-state index in [1.165, 1.54) is 0 Å². The monoisotopic (exact) mass is 209 g/mol. The number of hydrogen-bond acceptors (Lipinski definition) is 3. The second-order valence-corrected chi connectivity index (χ2v) is 5.46. The Hall–Kier alpha value is -1.08. The number of nitriles is 1. The summed E-state index contributed by atoms with van der Waals surface area (Å²) >= 11 is 0. The maximum Gasteiger partial charge on any atom is 0.234 e. The van der Waals surface area contributed by atoms with Crippen molar-refractivity contribution in [3.63, 3.8) is 0 Å². The first kappa shape index (κ1) is 12.0. The van der Waals surface area contributed by atoms with E-state index >= 15 is 0 Å². The van der Waals surface area contributed by atoms with Gasteiger partial charge in [-0.05, 0) is 18.3 Å². The van der Waals surface area contributed by atoms with Gasteiger partial charge in [0.15, 0.2) is 0 Å². The standard InChI is InChI=1S/C11H19N3O/c1-11(2,3)5-9-7(6-12)4-8(14-9)10(13)15/h7-9,14H,4-5H2,1-3H3,(H2,13,15). The highest BCUT2D eigenvalue weighted by Crippen LogP contribution is 2.30. The zero-order valence-corrected chi connectivity index (χ0v) is 9.58. The first-order chi connectivity index (χ1) is 6.83. The molecule has 0 aromatic heterocycles. The van der Waals surface area contributed by atoms with E-state index in [9.17, 15) is 4.79 Å². The lowest BCUT2D eigenvalue weighted by atomic mass is 9.84. The summed E-state index contributed by atoms with van der Waals surface area (Å²) < 4.78 is 0. The summed E-state index contributed by atoms with van der Waals surface area (Å²) in [5, 5.41) is 12.1. The quantitative estimate of drug-likeness (QED) is 0.705. The molecule has 1 fully saturated rings. The van der Waals surface area contributed by atoms with E-state index in [0.717, 1.165) is 6.42 Å². The number of nitrogens with one attached hydrogen (secondary N) is 1. The van der Waals surface area contributed by atoms with Gasteiger partial charge in [-0.2, -0.15) is 5.26 Å². The number of nitrogens with two attached hydrogens (primary N) is 1. The molecule has 0 aromatic carbocycles. The van der Waals surface area contributed by atoms with Crippen LogP contribution in [0.4, 0.5) is 0 Å². The summed E-state index contributed by atoms with van der Waals surface area (Å²) in [6.45, 7) is 6.38. The van der Waals surface area contributed by atoms with Crippen LogP contribution in [-0.4, -0.2) is 18.0 Å². The van der Waals surface area contributed by atoms with Crippen LogP contribution < -0.4 is 11.1 Å². The van der Waals surface area contributed by atoms with Gasteiger partial charge < -0.3 is 11.1 Å². The van der Waals surface area contributed by atoms with E-state index in [1.807, 2.05) is 0 Å². The lowest BCUT2D eigenvalue weighted by Crippen LogP contribution is -2.41.